The average Bonchev–Trinajstić information content (AvgIpc) is 2.60. The number of halogens is 1. The normalized spacial score (nSPS) is 12.8. The van der Waals surface area contributed by atoms with Crippen LogP contribution in [0.5, 0.6) is 0 Å². The Bertz CT molecular complexity index is 894. The Kier molecular flexibility index (Phi) is 6.12. The molecular weight excluding hydrogens is 359 g/mol. The van der Waals surface area contributed by atoms with E-state index in [4.69, 9.17) is 0 Å². The van der Waals surface area contributed by atoms with Gasteiger partial charge in [-0.05, 0) is 48.9 Å². The third-order valence-electron chi connectivity index (χ3n) is 3.56. The highest BCUT2D eigenvalue weighted by atomic mass is 32.2. The highest BCUT2D eigenvalue weighted by Crippen LogP contribution is 2.17. The molecule has 1 atom stereocenters. The topological polar surface area (TPSA) is 86.7 Å². The molecule has 0 bridgehead atoms. The Morgan fingerprint density at radius 1 is 1.15 bits per heavy atom. The van der Waals surface area contributed by atoms with Gasteiger partial charge in [0.1, 0.15) is 5.82 Å². The van der Waals surface area contributed by atoms with Crippen LogP contribution in [0.4, 0.5) is 10.1 Å². The van der Waals surface area contributed by atoms with Crippen LogP contribution < -0.4 is 4.72 Å². The third-order valence-corrected chi connectivity index (χ3v) is 4.96. The lowest BCUT2D eigenvalue weighted by molar-refractivity contribution is -0.167. The first-order valence-corrected chi connectivity index (χ1v) is 9.23. The zero-order valence-corrected chi connectivity index (χ0v) is 15.1. The van der Waals surface area contributed by atoms with Crippen LogP contribution in [0.2, 0.25) is 0 Å². The second-order valence-electron chi connectivity index (χ2n) is 5.64. The maximum absolute atomic E-state index is 12.9. The van der Waals surface area contributed by atoms with Crippen molar-refractivity contribution in [2.45, 2.75) is 24.8 Å². The van der Waals surface area contributed by atoms with Crippen LogP contribution in [-0.2, 0) is 14.8 Å². The molecule has 138 valence electrons. The molecule has 0 saturated carbocycles. The van der Waals surface area contributed by atoms with Gasteiger partial charge in [-0.15, -0.1) is 0 Å². The number of anilines is 1. The predicted octanol–water partition coefficient (Wildman–Crippen LogP) is 3.27. The van der Waals surface area contributed by atoms with E-state index in [9.17, 15) is 22.8 Å². The van der Waals surface area contributed by atoms with E-state index in [-0.39, 0.29) is 4.90 Å². The molecule has 0 radical (unpaired) electrons. The van der Waals surface area contributed by atoms with Crippen molar-refractivity contribution in [3.8, 4) is 0 Å². The fraction of sp³-hybridized carbons (Fsp3) is 0.167. The number of hydroxylamine groups is 2. The van der Waals surface area contributed by atoms with E-state index < -0.39 is 27.8 Å². The van der Waals surface area contributed by atoms with Crippen molar-refractivity contribution in [2.24, 2.45) is 0 Å². The number of benzene rings is 2. The summed E-state index contributed by atoms with van der Waals surface area (Å²) < 4.78 is 39.8. The minimum atomic E-state index is -3.80. The van der Waals surface area contributed by atoms with Gasteiger partial charge in [0, 0.05) is 12.6 Å². The Labute approximate surface area is 151 Å². The van der Waals surface area contributed by atoms with Gasteiger partial charge in [0.2, 0.25) is 5.91 Å². The smallest absolute Gasteiger partial charge is 0.261 e. The van der Waals surface area contributed by atoms with Crippen LogP contribution in [0.1, 0.15) is 19.4 Å². The number of amides is 1. The van der Waals surface area contributed by atoms with Gasteiger partial charge in [-0.1, -0.05) is 24.3 Å². The minimum Gasteiger partial charge on any atom is -0.285 e. The van der Waals surface area contributed by atoms with Gasteiger partial charge in [-0.25, -0.2) is 17.9 Å². The molecule has 26 heavy (non-hydrogen) atoms. The number of carbonyl (C=O) groups is 1. The van der Waals surface area contributed by atoms with Crippen LogP contribution in [0.3, 0.4) is 0 Å². The fourth-order valence-electron chi connectivity index (χ4n) is 2.11. The lowest BCUT2D eigenvalue weighted by Gasteiger charge is -2.17. The molecule has 2 aromatic carbocycles. The second kappa shape index (κ2) is 8.11. The Morgan fingerprint density at radius 2 is 1.73 bits per heavy atom. The molecule has 0 saturated heterocycles. The fourth-order valence-corrected chi connectivity index (χ4v) is 3.17. The van der Waals surface area contributed by atoms with Crippen LogP contribution in [0.25, 0.3) is 6.08 Å². The predicted molar refractivity (Wildman–Crippen MR) is 96.5 cm³/mol. The highest BCUT2D eigenvalue weighted by Gasteiger charge is 2.14. The molecule has 1 amide bonds. The largest absolute Gasteiger partial charge is 0.285 e. The van der Waals surface area contributed by atoms with E-state index in [1.807, 2.05) is 0 Å². The molecule has 0 heterocycles. The van der Waals surface area contributed by atoms with E-state index in [1.54, 1.807) is 43.3 Å². The van der Waals surface area contributed by atoms with Crippen LogP contribution in [0.15, 0.2) is 59.5 Å². The van der Waals surface area contributed by atoms with Gasteiger partial charge in [0.25, 0.3) is 10.0 Å². The Balaban J connectivity index is 2.07. The summed E-state index contributed by atoms with van der Waals surface area (Å²) in [6, 6.07) is 10.5. The van der Waals surface area contributed by atoms with Gasteiger partial charge >= 0.3 is 0 Å². The minimum absolute atomic E-state index is 0.0380. The van der Waals surface area contributed by atoms with Crippen LogP contribution in [-0.4, -0.2) is 30.6 Å². The summed E-state index contributed by atoms with van der Waals surface area (Å²) in [7, 11) is -3.80. The monoisotopic (exact) mass is 378 g/mol. The lowest BCUT2D eigenvalue weighted by atomic mass is 10.1. The number of rotatable bonds is 6. The van der Waals surface area contributed by atoms with Gasteiger partial charge in [0.15, 0.2) is 0 Å². The van der Waals surface area contributed by atoms with Crippen molar-refractivity contribution in [1.29, 1.82) is 0 Å². The molecule has 0 aromatic heterocycles. The van der Waals surface area contributed by atoms with Crippen molar-refractivity contribution >= 4 is 27.7 Å². The number of sulfonamides is 1. The van der Waals surface area contributed by atoms with Gasteiger partial charge in [-0.2, -0.15) is 0 Å². The van der Waals surface area contributed by atoms with Crippen LogP contribution >= 0.6 is 0 Å². The molecule has 0 aliphatic rings. The van der Waals surface area contributed by atoms with Crippen molar-refractivity contribution in [3.05, 3.63) is 66.0 Å². The van der Waals surface area contributed by atoms with E-state index >= 15 is 0 Å². The SMILES string of the molecule is CC(=O)N(O)C(C)C=Cc1ccc(NS(=O)(=O)c2ccc(F)cc2)cc1. The molecular formula is C18H19FN2O4S. The van der Waals surface area contributed by atoms with E-state index in [1.165, 1.54) is 19.1 Å². The van der Waals surface area contributed by atoms with Crippen molar-refractivity contribution in [3.63, 3.8) is 0 Å². The number of hydrogen-bond acceptors (Lipinski definition) is 4. The lowest BCUT2D eigenvalue weighted by Crippen LogP contribution is -2.32. The van der Waals surface area contributed by atoms with Crippen molar-refractivity contribution in [2.75, 3.05) is 4.72 Å². The van der Waals surface area contributed by atoms with E-state index in [2.05, 4.69) is 4.72 Å². The average molecular weight is 378 g/mol. The standard InChI is InChI=1S/C18H19FN2O4S/c1-13(21(23)14(2)22)3-4-15-5-9-17(10-6-15)20-26(24,25)18-11-7-16(19)8-12-18/h3-13,20,23H,1-2H3. The number of nitrogens with zero attached hydrogens (tertiary/aromatic N) is 1. The zero-order chi connectivity index (χ0) is 19.3. The Hall–Kier alpha value is -2.71. The van der Waals surface area contributed by atoms with E-state index in [0.29, 0.717) is 10.8 Å². The summed E-state index contributed by atoms with van der Waals surface area (Å²) in [5.41, 5.74) is 1.12. The molecule has 6 nitrogen and oxygen atoms in total. The molecule has 2 aromatic rings. The number of nitrogens with one attached hydrogen (secondary N) is 1. The number of carbonyl (C=O) groups excluding carboxylic acids is 1. The summed E-state index contributed by atoms with van der Waals surface area (Å²) in [4.78, 5) is 11.0. The van der Waals surface area contributed by atoms with Gasteiger partial charge in [-0.3, -0.25) is 14.7 Å². The third kappa shape index (κ3) is 5.14. The summed E-state index contributed by atoms with van der Waals surface area (Å²) in [5, 5.41) is 10.1. The van der Waals surface area contributed by atoms with E-state index in [0.717, 1.165) is 17.7 Å². The first kappa shape index (κ1) is 19.6. The maximum atomic E-state index is 12.9. The molecule has 0 aliphatic carbocycles. The summed E-state index contributed by atoms with van der Waals surface area (Å²) in [6.07, 6.45) is 3.34. The summed E-state index contributed by atoms with van der Waals surface area (Å²) in [6.45, 7) is 2.91. The quantitative estimate of drug-likeness (QED) is 0.597. The van der Waals surface area contributed by atoms with Gasteiger partial charge in [0.05, 0.1) is 10.9 Å². The Morgan fingerprint density at radius 3 is 2.27 bits per heavy atom. The molecule has 1 unspecified atom stereocenters. The maximum Gasteiger partial charge on any atom is 0.261 e. The molecule has 2 N–H and O–H groups in total. The summed E-state index contributed by atoms with van der Waals surface area (Å²) in [5.74, 6) is -0.978. The van der Waals surface area contributed by atoms with Crippen LogP contribution in [0, 0.1) is 5.82 Å². The second-order valence-corrected chi connectivity index (χ2v) is 7.33. The molecule has 8 heteroatoms. The first-order valence-electron chi connectivity index (χ1n) is 7.74. The van der Waals surface area contributed by atoms with Crippen molar-refractivity contribution in [1.82, 2.24) is 5.06 Å². The molecule has 0 fully saturated rings. The molecule has 0 spiro atoms. The molecule has 0 aliphatic heterocycles. The number of hydrogen-bond donors (Lipinski definition) is 2. The molecule has 2 rings (SSSR count). The zero-order valence-electron chi connectivity index (χ0n) is 14.3. The first-order chi connectivity index (χ1) is 12.2. The van der Waals surface area contributed by atoms with Gasteiger partial charge < -0.3 is 0 Å². The summed E-state index contributed by atoms with van der Waals surface area (Å²) >= 11 is 0. The van der Waals surface area contributed by atoms with Crippen molar-refractivity contribution < 1.29 is 22.8 Å². The highest BCUT2D eigenvalue weighted by molar-refractivity contribution is 7.92.